The first-order valence-electron chi connectivity index (χ1n) is 8.64. The SMILES string of the molecule is CC(C)(C(=O)NCC1CCCO1)n1nc(-c2ccc(F)cc2)ccc1=O. The Balaban J connectivity index is 1.83. The van der Waals surface area contributed by atoms with Crippen LogP contribution in [-0.4, -0.2) is 34.9 Å². The zero-order valence-electron chi connectivity index (χ0n) is 14.9. The molecule has 1 saturated heterocycles. The van der Waals surface area contributed by atoms with Gasteiger partial charge in [-0.15, -0.1) is 0 Å². The molecule has 1 unspecified atom stereocenters. The molecule has 3 rings (SSSR count). The van der Waals surface area contributed by atoms with Gasteiger partial charge < -0.3 is 10.1 Å². The van der Waals surface area contributed by atoms with Crippen LogP contribution in [0.25, 0.3) is 11.3 Å². The molecule has 1 atom stereocenters. The average molecular weight is 359 g/mol. The minimum atomic E-state index is -1.17. The van der Waals surface area contributed by atoms with E-state index in [1.807, 2.05) is 0 Å². The molecule has 6 nitrogen and oxygen atoms in total. The summed E-state index contributed by atoms with van der Waals surface area (Å²) in [5.74, 6) is -0.658. The molecule has 1 aromatic heterocycles. The number of hydrogen-bond donors (Lipinski definition) is 1. The molecule has 1 amide bonds. The zero-order chi connectivity index (χ0) is 18.7. The lowest BCUT2D eigenvalue weighted by Crippen LogP contribution is -2.51. The molecule has 0 aliphatic carbocycles. The Bertz CT molecular complexity index is 840. The number of amides is 1. The quantitative estimate of drug-likeness (QED) is 0.887. The van der Waals surface area contributed by atoms with Crippen LogP contribution < -0.4 is 10.9 Å². The zero-order valence-corrected chi connectivity index (χ0v) is 14.9. The van der Waals surface area contributed by atoms with Crippen molar-refractivity contribution in [2.24, 2.45) is 0 Å². The van der Waals surface area contributed by atoms with Crippen LogP contribution in [0.2, 0.25) is 0 Å². The molecule has 2 heterocycles. The Kier molecular flexibility index (Phi) is 5.18. The standard InChI is InChI=1S/C19H22FN3O3/c1-19(2,18(25)21-12-15-4-3-11-26-15)23-17(24)10-9-16(22-23)13-5-7-14(20)8-6-13/h5-10,15H,3-4,11-12H2,1-2H3,(H,21,25). The summed E-state index contributed by atoms with van der Waals surface area (Å²) >= 11 is 0. The summed E-state index contributed by atoms with van der Waals surface area (Å²) in [5, 5.41) is 7.18. The predicted octanol–water partition coefficient (Wildman–Crippen LogP) is 2.08. The maximum absolute atomic E-state index is 13.1. The maximum atomic E-state index is 13.1. The number of aromatic nitrogens is 2. The third-order valence-electron chi connectivity index (χ3n) is 4.54. The molecule has 1 aliphatic rings. The molecule has 0 spiro atoms. The molecule has 0 bridgehead atoms. The van der Waals surface area contributed by atoms with Gasteiger partial charge in [0.25, 0.3) is 5.56 Å². The van der Waals surface area contributed by atoms with Crippen LogP contribution in [0.15, 0.2) is 41.2 Å². The van der Waals surface area contributed by atoms with Crippen molar-refractivity contribution in [3.63, 3.8) is 0 Å². The van der Waals surface area contributed by atoms with E-state index in [-0.39, 0.29) is 23.4 Å². The van der Waals surface area contributed by atoms with Gasteiger partial charge in [0.2, 0.25) is 5.91 Å². The summed E-state index contributed by atoms with van der Waals surface area (Å²) < 4.78 is 19.8. The average Bonchev–Trinajstić information content (AvgIpc) is 3.14. The van der Waals surface area contributed by atoms with Crippen LogP contribution in [0.5, 0.6) is 0 Å². The van der Waals surface area contributed by atoms with E-state index in [0.717, 1.165) is 17.5 Å². The number of hydrogen-bond acceptors (Lipinski definition) is 4. The fourth-order valence-corrected chi connectivity index (χ4v) is 2.91. The number of carbonyl (C=O) groups is 1. The van der Waals surface area contributed by atoms with Gasteiger partial charge >= 0.3 is 0 Å². The van der Waals surface area contributed by atoms with Crippen molar-refractivity contribution in [1.29, 1.82) is 0 Å². The highest BCUT2D eigenvalue weighted by molar-refractivity contribution is 5.83. The Labute approximate surface area is 151 Å². The van der Waals surface area contributed by atoms with Crippen LogP contribution in [0.1, 0.15) is 26.7 Å². The Hall–Kier alpha value is -2.54. The van der Waals surface area contributed by atoms with E-state index in [9.17, 15) is 14.0 Å². The topological polar surface area (TPSA) is 73.2 Å². The van der Waals surface area contributed by atoms with Crippen LogP contribution >= 0.6 is 0 Å². The summed E-state index contributed by atoms with van der Waals surface area (Å²) in [6.07, 6.45) is 1.92. The van der Waals surface area contributed by atoms with Crippen molar-refractivity contribution in [2.75, 3.05) is 13.2 Å². The van der Waals surface area contributed by atoms with E-state index >= 15 is 0 Å². The second-order valence-corrected chi connectivity index (χ2v) is 6.88. The number of rotatable bonds is 5. The van der Waals surface area contributed by atoms with Crippen molar-refractivity contribution in [1.82, 2.24) is 15.1 Å². The lowest BCUT2D eigenvalue weighted by atomic mass is 10.0. The molecule has 0 saturated carbocycles. The number of benzene rings is 1. The number of carbonyl (C=O) groups excluding carboxylic acids is 1. The molecule has 0 radical (unpaired) electrons. The largest absolute Gasteiger partial charge is 0.376 e. The lowest BCUT2D eigenvalue weighted by Gasteiger charge is -2.26. The summed E-state index contributed by atoms with van der Waals surface area (Å²) in [6, 6.07) is 8.74. The molecule has 1 aromatic carbocycles. The third kappa shape index (κ3) is 3.83. The molecule has 7 heteroatoms. The van der Waals surface area contributed by atoms with E-state index < -0.39 is 5.54 Å². The lowest BCUT2D eigenvalue weighted by molar-refractivity contribution is -0.129. The van der Waals surface area contributed by atoms with Crippen molar-refractivity contribution >= 4 is 5.91 Å². The van der Waals surface area contributed by atoms with Crippen molar-refractivity contribution in [3.8, 4) is 11.3 Å². The van der Waals surface area contributed by atoms with Gasteiger partial charge in [-0.3, -0.25) is 9.59 Å². The number of ether oxygens (including phenoxy) is 1. The van der Waals surface area contributed by atoms with Gasteiger partial charge in [-0.25, -0.2) is 9.07 Å². The van der Waals surface area contributed by atoms with Gasteiger partial charge in [0.15, 0.2) is 0 Å². The number of nitrogens with zero attached hydrogens (tertiary/aromatic N) is 2. The highest BCUT2D eigenvalue weighted by Gasteiger charge is 2.32. The minimum Gasteiger partial charge on any atom is -0.376 e. The second-order valence-electron chi connectivity index (χ2n) is 6.88. The molecule has 1 fully saturated rings. The van der Waals surface area contributed by atoms with Crippen LogP contribution in [0, 0.1) is 5.82 Å². The Morgan fingerprint density at radius 2 is 2.04 bits per heavy atom. The van der Waals surface area contributed by atoms with E-state index in [4.69, 9.17) is 4.74 Å². The molecule has 1 aliphatic heterocycles. The van der Waals surface area contributed by atoms with Gasteiger partial charge in [0.1, 0.15) is 11.4 Å². The van der Waals surface area contributed by atoms with Crippen molar-refractivity contribution < 1.29 is 13.9 Å². The first-order chi connectivity index (χ1) is 12.4. The highest BCUT2D eigenvalue weighted by Crippen LogP contribution is 2.19. The number of halogens is 1. The summed E-state index contributed by atoms with van der Waals surface area (Å²) in [7, 11) is 0. The molecule has 2 aromatic rings. The van der Waals surface area contributed by atoms with Gasteiger partial charge in [0.05, 0.1) is 11.8 Å². The Morgan fingerprint density at radius 1 is 1.31 bits per heavy atom. The van der Waals surface area contributed by atoms with Gasteiger partial charge in [-0.1, -0.05) is 0 Å². The predicted molar refractivity (Wildman–Crippen MR) is 95.2 cm³/mol. The maximum Gasteiger partial charge on any atom is 0.267 e. The van der Waals surface area contributed by atoms with E-state index in [2.05, 4.69) is 10.4 Å². The molecular weight excluding hydrogens is 337 g/mol. The van der Waals surface area contributed by atoms with Crippen molar-refractivity contribution in [3.05, 3.63) is 52.6 Å². The van der Waals surface area contributed by atoms with Crippen LogP contribution in [0.3, 0.4) is 0 Å². The smallest absolute Gasteiger partial charge is 0.267 e. The highest BCUT2D eigenvalue weighted by atomic mass is 19.1. The fraction of sp³-hybridized carbons (Fsp3) is 0.421. The molecule has 26 heavy (non-hydrogen) atoms. The van der Waals surface area contributed by atoms with E-state index in [0.29, 0.717) is 24.4 Å². The monoisotopic (exact) mass is 359 g/mol. The van der Waals surface area contributed by atoms with Gasteiger partial charge in [0, 0.05) is 24.8 Å². The fourth-order valence-electron chi connectivity index (χ4n) is 2.91. The normalized spacial score (nSPS) is 17.3. The first-order valence-corrected chi connectivity index (χ1v) is 8.64. The molecule has 1 N–H and O–H groups in total. The van der Waals surface area contributed by atoms with E-state index in [1.165, 1.54) is 18.2 Å². The van der Waals surface area contributed by atoms with Gasteiger partial charge in [-0.2, -0.15) is 5.10 Å². The summed E-state index contributed by atoms with van der Waals surface area (Å²) in [6.45, 7) is 4.40. The third-order valence-corrected chi connectivity index (χ3v) is 4.54. The Morgan fingerprint density at radius 3 is 2.69 bits per heavy atom. The minimum absolute atomic E-state index is 0.0185. The van der Waals surface area contributed by atoms with E-state index in [1.54, 1.807) is 32.0 Å². The summed E-state index contributed by atoms with van der Waals surface area (Å²) in [4.78, 5) is 25.0. The molecular formula is C19H22FN3O3. The summed E-state index contributed by atoms with van der Waals surface area (Å²) in [5.41, 5.74) is -0.403. The number of nitrogens with one attached hydrogen (secondary N) is 1. The van der Waals surface area contributed by atoms with Crippen LogP contribution in [0.4, 0.5) is 4.39 Å². The van der Waals surface area contributed by atoms with Crippen molar-refractivity contribution in [2.45, 2.75) is 38.3 Å². The second kappa shape index (κ2) is 7.37. The van der Waals surface area contributed by atoms with Crippen LogP contribution in [-0.2, 0) is 15.1 Å². The van der Waals surface area contributed by atoms with Gasteiger partial charge in [-0.05, 0) is 57.0 Å². The molecule has 138 valence electrons. The first kappa shape index (κ1) is 18.3.